The quantitative estimate of drug-likeness (QED) is 0.548. The first kappa shape index (κ1) is 14.9. The van der Waals surface area contributed by atoms with Crippen LogP contribution in [0.1, 0.15) is 6.23 Å². The van der Waals surface area contributed by atoms with Crippen LogP contribution >= 0.6 is 0 Å². The first-order chi connectivity index (χ1) is 9.25. The number of aromatic amines is 1. The minimum absolute atomic E-state index is 0.595. The lowest BCUT2D eigenvalue weighted by molar-refractivity contribution is -0.0457. The summed E-state index contributed by atoms with van der Waals surface area (Å²) in [6.45, 7) is -0.595. The van der Waals surface area contributed by atoms with Gasteiger partial charge in [-0.25, -0.2) is 13.2 Å². The number of aliphatic hydroxyl groups excluding tert-OH is 2. The van der Waals surface area contributed by atoms with Crippen molar-refractivity contribution in [2.24, 2.45) is 0 Å². The minimum Gasteiger partial charge on any atom is -0.394 e. The highest BCUT2D eigenvalue weighted by atomic mass is 32.2. The smallest absolute Gasteiger partial charge is 0.330 e. The fourth-order valence-corrected chi connectivity index (χ4v) is 3.48. The van der Waals surface area contributed by atoms with E-state index in [2.05, 4.69) is 0 Å². The van der Waals surface area contributed by atoms with Crippen LogP contribution in [0.2, 0.25) is 0 Å². The first-order valence-corrected chi connectivity index (χ1v) is 7.66. The highest BCUT2D eigenvalue weighted by Crippen LogP contribution is 2.32. The average molecular weight is 306 g/mol. The molecule has 0 saturated carbocycles. The molecule has 0 aliphatic carbocycles. The van der Waals surface area contributed by atoms with Gasteiger partial charge >= 0.3 is 5.69 Å². The van der Waals surface area contributed by atoms with Crippen LogP contribution in [0.5, 0.6) is 0 Å². The second kappa shape index (κ2) is 5.13. The summed E-state index contributed by atoms with van der Waals surface area (Å²) in [7, 11) is -3.76. The Morgan fingerprint density at radius 1 is 1.45 bits per heavy atom. The summed E-state index contributed by atoms with van der Waals surface area (Å²) in [5.74, 6) is 0. The Morgan fingerprint density at radius 3 is 2.60 bits per heavy atom. The van der Waals surface area contributed by atoms with E-state index in [1.54, 1.807) is 0 Å². The molecule has 1 aliphatic heterocycles. The average Bonchev–Trinajstić information content (AvgIpc) is 2.65. The van der Waals surface area contributed by atoms with Crippen LogP contribution in [0, 0.1) is 0 Å². The van der Waals surface area contributed by atoms with Gasteiger partial charge in [-0.15, -0.1) is 0 Å². The predicted molar refractivity (Wildman–Crippen MR) is 67.0 cm³/mol. The molecule has 10 heteroatoms. The summed E-state index contributed by atoms with van der Waals surface area (Å²) in [4.78, 5) is 24.7. The van der Waals surface area contributed by atoms with Crippen LogP contribution in [0.3, 0.4) is 0 Å². The summed E-state index contributed by atoms with van der Waals surface area (Å²) >= 11 is 0. The molecule has 0 spiro atoms. The highest BCUT2D eigenvalue weighted by Gasteiger charge is 2.50. The second-order valence-corrected chi connectivity index (χ2v) is 6.75. The molecule has 112 valence electrons. The van der Waals surface area contributed by atoms with Crippen LogP contribution in [-0.2, 0) is 14.6 Å². The SMILES string of the molecule is CS(=O)(=O)C1C(O)C(CO)OC1n1ccc(=O)[nH]c1=O. The molecule has 1 fully saturated rings. The largest absolute Gasteiger partial charge is 0.394 e. The normalized spacial score (nSPS) is 30.6. The number of hydrogen-bond donors (Lipinski definition) is 3. The lowest BCUT2D eigenvalue weighted by atomic mass is 10.2. The molecule has 0 aromatic carbocycles. The van der Waals surface area contributed by atoms with E-state index in [-0.39, 0.29) is 0 Å². The number of H-pyrrole nitrogens is 1. The van der Waals surface area contributed by atoms with E-state index in [9.17, 15) is 23.1 Å². The summed E-state index contributed by atoms with van der Waals surface area (Å²) in [6.07, 6.45) is -1.94. The molecule has 4 atom stereocenters. The number of aliphatic hydroxyl groups is 2. The van der Waals surface area contributed by atoms with Crippen LogP contribution < -0.4 is 11.2 Å². The molecular weight excluding hydrogens is 292 g/mol. The van der Waals surface area contributed by atoms with Crippen LogP contribution in [0.25, 0.3) is 0 Å². The van der Waals surface area contributed by atoms with Crippen molar-refractivity contribution in [3.8, 4) is 0 Å². The van der Waals surface area contributed by atoms with Gasteiger partial charge in [0.15, 0.2) is 16.1 Å². The molecule has 1 aromatic heterocycles. The van der Waals surface area contributed by atoms with Gasteiger partial charge in [0.1, 0.15) is 17.5 Å². The standard InChI is InChI=1S/C10H14N2O7S/c1-20(17,18)8-7(15)5(4-13)19-9(8)12-3-2-6(14)11-10(12)16/h2-3,5,7-9,13,15H,4H2,1H3,(H,11,14,16). The van der Waals surface area contributed by atoms with Gasteiger partial charge < -0.3 is 14.9 Å². The van der Waals surface area contributed by atoms with Gasteiger partial charge in [0, 0.05) is 18.5 Å². The van der Waals surface area contributed by atoms with E-state index in [1.807, 2.05) is 4.98 Å². The lowest BCUT2D eigenvalue weighted by Crippen LogP contribution is -2.41. The molecule has 1 aliphatic rings. The molecule has 2 rings (SSSR count). The third-order valence-electron chi connectivity index (χ3n) is 3.11. The van der Waals surface area contributed by atoms with Gasteiger partial charge in [0.2, 0.25) is 0 Å². The third kappa shape index (κ3) is 2.54. The molecule has 20 heavy (non-hydrogen) atoms. The van der Waals surface area contributed by atoms with Gasteiger partial charge in [-0.3, -0.25) is 14.3 Å². The Bertz CT molecular complexity index is 707. The van der Waals surface area contributed by atoms with Gasteiger partial charge in [-0.2, -0.15) is 0 Å². The van der Waals surface area contributed by atoms with Crippen molar-refractivity contribution in [2.75, 3.05) is 12.9 Å². The zero-order chi connectivity index (χ0) is 15.1. The van der Waals surface area contributed by atoms with E-state index in [0.29, 0.717) is 0 Å². The van der Waals surface area contributed by atoms with E-state index >= 15 is 0 Å². The molecule has 0 radical (unpaired) electrons. The number of rotatable bonds is 3. The summed E-state index contributed by atoms with van der Waals surface area (Å²) in [6, 6.07) is 1.03. The molecule has 0 amide bonds. The van der Waals surface area contributed by atoms with Crippen LogP contribution in [-0.4, -0.2) is 58.5 Å². The highest BCUT2D eigenvalue weighted by molar-refractivity contribution is 7.91. The Hall–Kier alpha value is -1.49. The zero-order valence-electron chi connectivity index (χ0n) is 10.5. The summed E-state index contributed by atoms with van der Waals surface area (Å²) in [5, 5.41) is 17.6. The van der Waals surface area contributed by atoms with Crippen LogP contribution in [0.4, 0.5) is 0 Å². The number of hydrogen-bond acceptors (Lipinski definition) is 7. The van der Waals surface area contributed by atoms with Crippen molar-refractivity contribution < 1.29 is 23.4 Å². The van der Waals surface area contributed by atoms with Crippen LogP contribution in [0.15, 0.2) is 21.9 Å². The van der Waals surface area contributed by atoms with Crippen molar-refractivity contribution in [1.82, 2.24) is 9.55 Å². The Balaban J connectivity index is 2.53. The Kier molecular flexibility index (Phi) is 3.82. The van der Waals surface area contributed by atoms with E-state index in [4.69, 9.17) is 9.84 Å². The number of nitrogens with zero attached hydrogens (tertiary/aromatic N) is 1. The topological polar surface area (TPSA) is 139 Å². The number of aromatic nitrogens is 2. The second-order valence-electron chi connectivity index (χ2n) is 4.55. The molecule has 1 aromatic rings. The van der Waals surface area contributed by atoms with Crippen molar-refractivity contribution in [3.63, 3.8) is 0 Å². The molecule has 1 saturated heterocycles. The van der Waals surface area contributed by atoms with Gasteiger partial charge in [0.25, 0.3) is 5.56 Å². The van der Waals surface area contributed by atoms with Gasteiger partial charge in [-0.1, -0.05) is 0 Å². The summed E-state index contributed by atoms with van der Waals surface area (Å²) < 4.78 is 29.6. The molecule has 2 heterocycles. The molecule has 0 bridgehead atoms. The number of nitrogens with one attached hydrogen (secondary N) is 1. The molecule has 4 unspecified atom stereocenters. The van der Waals surface area contributed by atoms with Gasteiger partial charge in [-0.05, 0) is 0 Å². The van der Waals surface area contributed by atoms with Crippen molar-refractivity contribution in [1.29, 1.82) is 0 Å². The molecule has 9 nitrogen and oxygen atoms in total. The van der Waals surface area contributed by atoms with E-state index in [0.717, 1.165) is 23.1 Å². The van der Waals surface area contributed by atoms with Crippen molar-refractivity contribution >= 4 is 9.84 Å². The predicted octanol–water partition coefficient (Wildman–Crippen LogP) is -2.80. The molecule has 3 N–H and O–H groups in total. The van der Waals surface area contributed by atoms with Gasteiger partial charge in [0.05, 0.1) is 6.61 Å². The Morgan fingerprint density at radius 2 is 2.10 bits per heavy atom. The van der Waals surface area contributed by atoms with E-state index < -0.39 is 51.4 Å². The number of sulfone groups is 1. The zero-order valence-corrected chi connectivity index (χ0v) is 11.3. The fourth-order valence-electron chi connectivity index (χ4n) is 2.18. The maximum Gasteiger partial charge on any atom is 0.330 e. The van der Waals surface area contributed by atoms with Crippen molar-refractivity contribution in [3.05, 3.63) is 33.1 Å². The minimum atomic E-state index is -3.76. The Labute approximate surface area is 113 Å². The maximum absolute atomic E-state index is 11.8. The fraction of sp³-hybridized carbons (Fsp3) is 0.600. The third-order valence-corrected chi connectivity index (χ3v) is 4.61. The summed E-state index contributed by atoms with van der Waals surface area (Å²) in [5.41, 5.74) is -1.50. The molecular formula is C10H14N2O7S. The van der Waals surface area contributed by atoms with Crippen molar-refractivity contribution in [2.45, 2.75) is 23.7 Å². The number of ether oxygens (including phenoxy) is 1. The first-order valence-electron chi connectivity index (χ1n) is 5.70. The monoisotopic (exact) mass is 306 g/mol. The lowest BCUT2D eigenvalue weighted by Gasteiger charge is -2.19. The van der Waals surface area contributed by atoms with E-state index in [1.165, 1.54) is 0 Å². The maximum atomic E-state index is 11.8.